The molecule has 25 heavy (non-hydrogen) atoms. The van der Waals surface area contributed by atoms with Crippen molar-refractivity contribution in [2.45, 2.75) is 18.2 Å². The van der Waals surface area contributed by atoms with E-state index in [9.17, 15) is 13.2 Å². The average Bonchev–Trinajstić information content (AvgIpc) is 2.84. The van der Waals surface area contributed by atoms with Gasteiger partial charge in [0.15, 0.2) is 11.5 Å². The summed E-state index contributed by atoms with van der Waals surface area (Å²) in [6, 6.07) is 8.07. The van der Waals surface area contributed by atoms with Crippen molar-refractivity contribution in [3.8, 4) is 11.5 Å². The summed E-state index contributed by atoms with van der Waals surface area (Å²) in [5.41, 5.74) is 0. The average molecular weight is 379 g/mol. The van der Waals surface area contributed by atoms with E-state index in [-0.39, 0.29) is 4.90 Å². The molecule has 0 saturated heterocycles. The first-order valence-electron chi connectivity index (χ1n) is 7.65. The van der Waals surface area contributed by atoms with Crippen LogP contribution in [0, 0.1) is 6.92 Å². The van der Waals surface area contributed by atoms with Crippen LogP contribution in [0.3, 0.4) is 0 Å². The van der Waals surface area contributed by atoms with Gasteiger partial charge in [0.2, 0.25) is 0 Å². The van der Waals surface area contributed by atoms with Gasteiger partial charge in [-0.05, 0) is 37.3 Å². The van der Waals surface area contributed by atoms with Gasteiger partial charge >= 0.3 is 0 Å². The number of fused-ring (bicyclic) bond motifs is 1. The standard InChI is InChI=1S/C17H17NO5S2/c1-12-3-4-13(24-12)5-8-17(19)18-25(20,21)14-6-7-15-16(11-14)23-10-2-9-22-15/h3-8,11H,2,9-10H2,1H3,(H,18,19)/b8-5+. The van der Waals surface area contributed by atoms with E-state index in [1.807, 2.05) is 23.8 Å². The number of ether oxygens (including phenoxy) is 2. The van der Waals surface area contributed by atoms with Gasteiger partial charge in [-0.15, -0.1) is 11.3 Å². The van der Waals surface area contributed by atoms with Gasteiger partial charge in [-0.2, -0.15) is 0 Å². The monoisotopic (exact) mass is 379 g/mol. The highest BCUT2D eigenvalue weighted by atomic mass is 32.2. The van der Waals surface area contributed by atoms with Gasteiger partial charge in [0.1, 0.15) is 0 Å². The number of hydrogen-bond donors (Lipinski definition) is 1. The van der Waals surface area contributed by atoms with Crippen molar-refractivity contribution in [3.05, 3.63) is 46.2 Å². The van der Waals surface area contributed by atoms with Crippen LogP contribution in [0.2, 0.25) is 0 Å². The zero-order valence-electron chi connectivity index (χ0n) is 13.5. The number of nitrogens with one attached hydrogen (secondary N) is 1. The Kier molecular flexibility index (Phi) is 5.10. The maximum atomic E-state index is 12.4. The zero-order valence-corrected chi connectivity index (χ0v) is 15.2. The Morgan fingerprint density at radius 3 is 2.64 bits per heavy atom. The lowest BCUT2D eigenvalue weighted by molar-refractivity contribution is -0.114. The Morgan fingerprint density at radius 1 is 1.16 bits per heavy atom. The van der Waals surface area contributed by atoms with E-state index < -0.39 is 15.9 Å². The minimum Gasteiger partial charge on any atom is -0.490 e. The van der Waals surface area contributed by atoms with Crippen molar-refractivity contribution in [1.82, 2.24) is 4.72 Å². The topological polar surface area (TPSA) is 81.7 Å². The molecule has 0 unspecified atom stereocenters. The Hall–Kier alpha value is -2.32. The van der Waals surface area contributed by atoms with E-state index in [0.29, 0.717) is 24.7 Å². The van der Waals surface area contributed by atoms with Gasteiger partial charge < -0.3 is 9.47 Å². The number of hydrogen-bond acceptors (Lipinski definition) is 6. The highest BCUT2D eigenvalue weighted by Crippen LogP contribution is 2.31. The molecule has 2 heterocycles. The second-order valence-corrected chi connectivity index (χ2v) is 8.41. The van der Waals surface area contributed by atoms with Crippen LogP contribution in [0.15, 0.2) is 41.3 Å². The molecule has 1 aliphatic rings. The lowest BCUT2D eigenvalue weighted by Crippen LogP contribution is -2.29. The minimum absolute atomic E-state index is 0.0505. The third-order valence-electron chi connectivity index (χ3n) is 3.42. The van der Waals surface area contributed by atoms with Crippen LogP contribution < -0.4 is 14.2 Å². The van der Waals surface area contributed by atoms with E-state index in [0.717, 1.165) is 16.2 Å². The third kappa shape index (κ3) is 4.40. The molecule has 1 N–H and O–H groups in total. The molecule has 0 saturated carbocycles. The molecular formula is C17H17NO5S2. The molecule has 0 radical (unpaired) electrons. The number of amides is 1. The lowest BCUT2D eigenvalue weighted by atomic mass is 10.3. The van der Waals surface area contributed by atoms with Gasteiger partial charge in [-0.3, -0.25) is 4.79 Å². The van der Waals surface area contributed by atoms with Crippen molar-refractivity contribution >= 4 is 33.3 Å². The molecule has 1 aromatic heterocycles. The van der Waals surface area contributed by atoms with Crippen molar-refractivity contribution in [3.63, 3.8) is 0 Å². The van der Waals surface area contributed by atoms with Crippen molar-refractivity contribution in [1.29, 1.82) is 0 Å². The Bertz CT molecular complexity index is 915. The largest absolute Gasteiger partial charge is 0.490 e. The molecule has 0 spiro atoms. The Balaban J connectivity index is 1.74. The third-order valence-corrected chi connectivity index (χ3v) is 5.73. The van der Waals surface area contributed by atoms with Crippen molar-refractivity contribution in [2.75, 3.05) is 13.2 Å². The number of carbonyl (C=O) groups excluding carboxylic acids is 1. The van der Waals surface area contributed by atoms with Crippen LogP contribution in [0.1, 0.15) is 16.2 Å². The van der Waals surface area contributed by atoms with Gasteiger partial charge in [-0.25, -0.2) is 13.1 Å². The summed E-state index contributed by atoms with van der Waals surface area (Å²) in [6.07, 6.45) is 3.50. The van der Waals surface area contributed by atoms with E-state index in [2.05, 4.69) is 0 Å². The fraction of sp³-hybridized carbons (Fsp3) is 0.235. The minimum atomic E-state index is -3.99. The number of rotatable bonds is 4. The van der Waals surface area contributed by atoms with E-state index in [4.69, 9.17) is 9.47 Å². The second-order valence-electron chi connectivity index (χ2n) is 5.41. The number of thiophene rings is 1. The summed E-state index contributed by atoms with van der Waals surface area (Å²) in [5, 5.41) is 0. The molecule has 132 valence electrons. The number of aryl methyl sites for hydroxylation is 1. The van der Waals surface area contributed by atoms with Crippen LogP contribution in [0.25, 0.3) is 6.08 Å². The van der Waals surface area contributed by atoms with Gasteiger partial charge in [0.05, 0.1) is 18.1 Å². The first kappa shape index (κ1) is 17.5. The zero-order chi connectivity index (χ0) is 17.9. The number of sulfonamides is 1. The highest BCUT2D eigenvalue weighted by molar-refractivity contribution is 7.90. The quantitative estimate of drug-likeness (QED) is 0.826. The number of benzene rings is 1. The maximum Gasteiger partial charge on any atom is 0.264 e. The number of carbonyl (C=O) groups is 1. The highest BCUT2D eigenvalue weighted by Gasteiger charge is 2.20. The molecule has 6 nitrogen and oxygen atoms in total. The molecular weight excluding hydrogens is 362 g/mol. The molecule has 2 aromatic rings. The van der Waals surface area contributed by atoms with Crippen LogP contribution in [-0.4, -0.2) is 27.5 Å². The molecule has 1 amide bonds. The normalized spacial score (nSPS) is 14.3. The molecule has 0 atom stereocenters. The molecule has 0 fully saturated rings. The molecule has 1 aromatic carbocycles. The van der Waals surface area contributed by atoms with E-state index in [1.54, 1.807) is 6.08 Å². The summed E-state index contributed by atoms with van der Waals surface area (Å²) in [6.45, 7) is 2.92. The summed E-state index contributed by atoms with van der Waals surface area (Å²) < 4.78 is 37.7. The summed E-state index contributed by atoms with van der Waals surface area (Å²) in [4.78, 5) is 13.9. The smallest absolute Gasteiger partial charge is 0.264 e. The van der Waals surface area contributed by atoms with Crippen molar-refractivity contribution in [2.24, 2.45) is 0 Å². The Morgan fingerprint density at radius 2 is 1.92 bits per heavy atom. The first-order chi connectivity index (χ1) is 11.9. The SMILES string of the molecule is Cc1ccc(/C=C/C(=O)NS(=O)(=O)c2ccc3c(c2)OCCCO3)s1. The fourth-order valence-electron chi connectivity index (χ4n) is 2.24. The van der Waals surface area contributed by atoms with Crippen LogP contribution in [0.5, 0.6) is 11.5 Å². The van der Waals surface area contributed by atoms with Crippen LogP contribution in [0.4, 0.5) is 0 Å². The molecule has 3 rings (SSSR count). The van der Waals surface area contributed by atoms with Gasteiger partial charge in [-0.1, -0.05) is 0 Å². The lowest BCUT2D eigenvalue weighted by Gasteiger charge is -2.10. The summed E-state index contributed by atoms with van der Waals surface area (Å²) in [7, 11) is -3.99. The van der Waals surface area contributed by atoms with E-state index >= 15 is 0 Å². The maximum absolute atomic E-state index is 12.4. The van der Waals surface area contributed by atoms with Crippen molar-refractivity contribution < 1.29 is 22.7 Å². The summed E-state index contributed by atoms with van der Waals surface area (Å²) >= 11 is 1.51. The first-order valence-corrected chi connectivity index (χ1v) is 9.95. The predicted octanol–water partition coefficient (Wildman–Crippen LogP) is 2.74. The summed E-state index contributed by atoms with van der Waals surface area (Å²) in [5.74, 6) is 0.145. The Labute approximate surface area is 150 Å². The van der Waals surface area contributed by atoms with E-state index in [1.165, 1.54) is 35.6 Å². The second kappa shape index (κ2) is 7.28. The molecule has 1 aliphatic heterocycles. The fourth-order valence-corrected chi connectivity index (χ4v) is 3.98. The van der Waals surface area contributed by atoms with Crippen LogP contribution in [-0.2, 0) is 14.8 Å². The molecule has 8 heteroatoms. The van der Waals surface area contributed by atoms with Gasteiger partial charge in [0.25, 0.3) is 15.9 Å². The molecule has 0 bridgehead atoms. The predicted molar refractivity (Wildman–Crippen MR) is 95.5 cm³/mol. The van der Waals surface area contributed by atoms with Crippen LogP contribution >= 0.6 is 11.3 Å². The molecule has 0 aliphatic carbocycles. The van der Waals surface area contributed by atoms with Gasteiger partial charge in [0, 0.05) is 28.3 Å².